The monoisotopic (exact) mass is 343 g/mol. The van der Waals surface area contributed by atoms with Crippen molar-refractivity contribution in [3.63, 3.8) is 0 Å². The number of aromatic nitrogens is 1. The molecule has 1 amide bonds. The van der Waals surface area contributed by atoms with E-state index in [9.17, 15) is 4.79 Å². The second-order valence-corrected chi connectivity index (χ2v) is 6.88. The molecule has 0 aliphatic carbocycles. The van der Waals surface area contributed by atoms with Gasteiger partial charge < -0.3 is 9.80 Å². The summed E-state index contributed by atoms with van der Waals surface area (Å²) in [5, 5.41) is 0.746. The first-order valence-corrected chi connectivity index (χ1v) is 8.60. The molecule has 2 aromatic rings. The first-order chi connectivity index (χ1) is 11.5. The first-order valence-electron chi connectivity index (χ1n) is 8.22. The molecule has 1 fully saturated rings. The summed E-state index contributed by atoms with van der Waals surface area (Å²) in [6, 6.07) is 11.6. The van der Waals surface area contributed by atoms with E-state index >= 15 is 0 Å². The van der Waals surface area contributed by atoms with Crippen LogP contribution in [0.25, 0.3) is 0 Å². The van der Waals surface area contributed by atoms with Crippen LogP contribution in [0.1, 0.15) is 34.7 Å². The summed E-state index contributed by atoms with van der Waals surface area (Å²) in [6.45, 7) is 1.56. The van der Waals surface area contributed by atoms with Gasteiger partial charge in [0, 0.05) is 49.9 Å². The minimum absolute atomic E-state index is 0.0826. The van der Waals surface area contributed by atoms with Crippen molar-refractivity contribution in [1.82, 2.24) is 9.88 Å². The predicted octanol–water partition coefficient (Wildman–Crippen LogP) is 3.82. The summed E-state index contributed by atoms with van der Waals surface area (Å²) < 4.78 is 0. The van der Waals surface area contributed by atoms with Crippen LogP contribution in [0.2, 0.25) is 5.02 Å². The van der Waals surface area contributed by atoms with Crippen molar-refractivity contribution in [2.24, 2.45) is 0 Å². The summed E-state index contributed by atoms with van der Waals surface area (Å²) >= 11 is 5.98. The lowest BCUT2D eigenvalue weighted by Crippen LogP contribution is -2.39. The van der Waals surface area contributed by atoms with Crippen molar-refractivity contribution in [1.29, 1.82) is 0 Å². The molecule has 1 aliphatic heterocycles. The van der Waals surface area contributed by atoms with Gasteiger partial charge in [-0.1, -0.05) is 23.7 Å². The van der Waals surface area contributed by atoms with Crippen LogP contribution in [-0.2, 0) is 0 Å². The number of anilines is 1. The Balaban J connectivity index is 1.75. The Morgan fingerprint density at radius 2 is 2.00 bits per heavy atom. The average Bonchev–Trinajstić information content (AvgIpc) is 2.62. The number of piperidine rings is 1. The normalized spacial score (nSPS) is 17.6. The highest BCUT2D eigenvalue weighted by Crippen LogP contribution is 2.28. The molecule has 1 atom stereocenters. The first kappa shape index (κ1) is 16.8. The molecule has 0 bridgehead atoms. The third kappa shape index (κ3) is 3.70. The second-order valence-electron chi connectivity index (χ2n) is 6.44. The van der Waals surface area contributed by atoms with Crippen LogP contribution in [0.3, 0.4) is 0 Å². The Morgan fingerprint density at radius 3 is 2.71 bits per heavy atom. The molecular formula is C19H22ClN3O. The van der Waals surface area contributed by atoms with Crippen LogP contribution < -0.4 is 4.90 Å². The van der Waals surface area contributed by atoms with Crippen LogP contribution in [0.4, 0.5) is 5.82 Å². The Labute approximate surface area is 148 Å². The van der Waals surface area contributed by atoms with Gasteiger partial charge in [0.1, 0.15) is 5.82 Å². The Bertz CT molecular complexity index is 715. The van der Waals surface area contributed by atoms with Gasteiger partial charge in [-0.05, 0) is 42.7 Å². The van der Waals surface area contributed by atoms with Crippen LogP contribution >= 0.6 is 11.6 Å². The summed E-state index contributed by atoms with van der Waals surface area (Å²) in [6.07, 6.45) is 3.82. The van der Waals surface area contributed by atoms with Crippen molar-refractivity contribution in [2.75, 3.05) is 32.1 Å². The van der Waals surface area contributed by atoms with Gasteiger partial charge >= 0.3 is 0 Å². The lowest BCUT2D eigenvalue weighted by atomic mass is 9.90. The van der Waals surface area contributed by atoms with Crippen molar-refractivity contribution >= 4 is 23.3 Å². The molecule has 4 nitrogen and oxygen atoms in total. The van der Waals surface area contributed by atoms with Crippen LogP contribution in [0.5, 0.6) is 0 Å². The maximum atomic E-state index is 12.9. The number of hydrogen-bond acceptors (Lipinski definition) is 3. The molecular weight excluding hydrogens is 322 g/mol. The minimum Gasteiger partial charge on any atom is -0.363 e. The highest BCUT2D eigenvalue weighted by Gasteiger charge is 2.25. The zero-order valence-corrected chi connectivity index (χ0v) is 14.8. The number of halogens is 1. The lowest BCUT2D eigenvalue weighted by Gasteiger charge is -2.33. The summed E-state index contributed by atoms with van der Waals surface area (Å²) in [7, 11) is 3.85. The van der Waals surface area contributed by atoms with Gasteiger partial charge in [0.05, 0.1) is 0 Å². The summed E-state index contributed by atoms with van der Waals surface area (Å²) in [5.74, 6) is 1.25. The zero-order valence-electron chi connectivity index (χ0n) is 14.1. The smallest absolute Gasteiger partial charge is 0.254 e. The van der Waals surface area contributed by atoms with Gasteiger partial charge in [0.2, 0.25) is 0 Å². The zero-order chi connectivity index (χ0) is 17.1. The van der Waals surface area contributed by atoms with E-state index in [1.807, 2.05) is 42.1 Å². The van der Waals surface area contributed by atoms with E-state index in [0.717, 1.165) is 36.8 Å². The SMILES string of the molecule is CN(C)c1cc(C(=O)N2CCC[C@@H](c3ccc(Cl)cc3)C2)ccn1. The third-order valence-corrected chi connectivity index (χ3v) is 4.75. The van der Waals surface area contributed by atoms with E-state index in [1.54, 1.807) is 12.3 Å². The molecule has 1 saturated heterocycles. The van der Waals surface area contributed by atoms with Gasteiger partial charge in [0.25, 0.3) is 5.91 Å². The molecule has 1 aromatic carbocycles. The standard InChI is InChI=1S/C19H22ClN3O/c1-22(2)18-12-15(9-10-21-18)19(24)23-11-3-4-16(13-23)14-5-7-17(20)8-6-14/h5-10,12,16H,3-4,11,13H2,1-2H3/t16-/m1/s1. The highest BCUT2D eigenvalue weighted by atomic mass is 35.5. The molecule has 2 heterocycles. The quantitative estimate of drug-likeness (QED) is 0.850. The highest BCUT2D eigenvalue weighted by molar-refractivity contribution is 6.30. The number of carbonyl (C=O) groups excluding carboxylic acids is 1. The van der Waals surface area contributed by atoms with E-state index in [-0.39, 0.29) is 5.91 Å². The number of rotatable bonds is 3. The van der Waals surface area contributed by atoms with Gasteiger partial charge in [-0.25, -0.2) is 4.98 Å². The molecule has 0 unspecified atom stereocenters. The van der Waals surface area contributed by atoms with Crippen molar-refractivity contribution < 1.29 is 4.79 Å². The van der Waals surface area contributed by atoms with Gasteiger partial charge in [-0.15, -0.1) is 0 Å². The summed E-state index contributed by atoms with van der Waals surface area (Å²) in [5.41, 5.74) is 1.95. The van der Waals surface area contributed by atoms with Crippen LogP contribution in [0.15, 0.2) is 42.6 Å². The lowest BCUT2D eigenvalue weighted by molar-refractivity contribution is 0.0707. The molecule has 0 N–H and O–H groups in total. The minimum atomic E-state index is 0.0826. The maximum Gasteiger partial charge on any atom is 0.254 e. The molecule has 126 valence electrons. The number of carbonyl (C=O) groups is 1. The fraction of sp³-hybridized carbons (Fsp3) is 0.368. The average molecular weight is 344 g/mol. The molecule has 0 spiro atoms. The van der Waals surface area contributed by atoms with E-state index < -0.39 is 0 Å². The Kier molecular flexibility index (Phi) is 5.05. The van der Waals surface area contributed by atoms with Crippen molar-refractivity contribution in [2.45, 2.75) is 18.8 Å². The van der Waals surface area contributed by atoms with Crippen molar-refractivity contribution in [3.8, 4) is 0 Å². The van der Waals surface area contributed by atoms with E-state index in [2.05, 4.69) is 17.1 Å². The van der Waals surface area contributed by atoms with Gasteiger partial charge in [0.15, 0.2) is 0 Å². The number of nitrogens with zero attached hydrogens (tertiary/aromatic N) is 3. The molecule has 0 radical (unpaired) electrons. The van der Waals surface area contributed by atoms with Crippen LogP contribution in [-0.4, -0.2) is 43.0 Å². The molecule has 0 saturated carbocycles. The molecule has 1 aliphatic rings. The Hall–Kier alpha value is -2.07. The van der Waals surface area contributed by atoms with E-state index in [0.29, 0.717) is 11.5 Å². The van der Waals surface area contributed by atoms with Gasteiger partial charge in [-0.2, -0.15) is 0 Å². The fourth-order valence-electron chi connectivity index (χ4n) is 3.15. The molecule has 24 heavy (non-hydrogen) atoms. The number of benzene rings is 1. The molecule has 1 aromatic heterocycles. The van der Waals surface area contributed by atoms with E-state index in [1.165, 1.54) is 5.56 Å². The number of pyridine rings is 1. The third-order valence-electron chi connectivity index (χ3n) is 4.50. The van der Waals surface area contributed by atoms with E-state index in [4.69, 9.17) is 11.6 Å². The van der Waals surface area contributed by atoms with Crippen LogP contribution in [0, 0.1) is 0 Å². The molecule has 5 heteroatoms. The summed E-state index contributed by atoms with van der Waals surface area (Å²) in [4.78, 5) is 21.0. The number of hydrogen-bond donors (Lipinski definition) is 0. The second kappa shape index (κ2) is 7.22. The largest absolute Gasteiger partial charge is 0.363 e. The van der Waals surface area contributed by atoms with Crippen molar-refractivity contribution in [3.05, 3.63) is 58.7 Å². The number of likely N-dealkylation sites (tertiary alicyclic amines) is 1. The predicted molar refractivity (Wildman–Crippen MR) is 97.9 cm³/mol. The Morgan fingerprint density at radius 1 is 1.25 bits per heavy atom. The number of amides is 1. The fourth-order valence-corrected chi connectivity index (χ4v) is 3.27. The maximum absolute atomic E-state index is 12.9. The molecule has 3 rings (SSSR count). The topological polar surface area (TPSA) is 36.4 Å². The van der Waals surface area contributed by atoms with Gasteiger partial charge in [-0.3, -0.25) is 4.79 Å².